The zero-order valence-electron chi connectivity index (χ0n) is 10.3. The van der Waals surface area contributed by atoms with Gasteiger partial charge in [-0.15, -0.1) is 0 Å². The fraction of sp³-hybridized carbons (Fsp3) is 0.583. The van der Waals surface area contributed by atoms with E-state index < -0.39 is 5.97 Å². The first-order valence-corrected chi connectivity index (χ1v) is 6.07. The molecule has 18 heavy (non-hydrogen) atoms. The summed E-state index contributed by atoms with van der Waals surface area (Å²) >= 11 is 0. The molecule has 2 heterocycles. The first-order chi connectivity index (χ1) is 8.74. The number of ether oxygens (including phenoxy) is 1. The molecule has 1 amide bonds. The molecule has 1 aliphatic heterocycles. The minimum atomic E-state index is -0.476. The third-order valence-electron chi connectivity index (χ3n) is 3.02. The van der Waals surface area contributed by atoms with Gasteiger partial charge in [-0.1, -0.05) is 5.16 Å². The SMILES string of the molecule is CCOC(=O)c1cc(C2CCCN(C=O)C2)on1. The Morgan fingerprint density at radius 2 is 2.56 bits per heavy atom. The number of carbonyl (C=O) groups excluding carboxylic acids is 2. The predicted octanol–water partition coefficient (Wildman–Crippen LogP) is 1.19. The molecule has 98 valence electrons. The van der Waals surface area contributed by atoms with E-state index in [4.69, 9.17) is 9.26 Å². The lowest BCUT2D eigenvalue weighted by Gasteiger charge is -2.28. The van der Waals surface area contributed by atoms with Crippen LogP contribution in [0.3, 0.4) is 0 Å². The Kier molecular flexibility index (Phi) is 3.96. The first-order valence-electron chi connectivity index (χ1n) is 6.07. The van der Waals surface area contributed by atoms with Gasteiger partial charge in [0.05, 0.1) is 6.61 Å². The Morgan fingerprint density at radius 1 is 1.72 bits per heavy atom. The standard InChI is InChI=1S/C12H16N2O4/c1-2-17-12(16)10-6-11(18-13-10)9-4-3-5-14(7-9)8-15/h6,8-9H,2-5,7H2,1H3. The third-order valence-corrected chi connectivity index (χ3v) is 3.02. The quantitative estimate of drug-likeness (QED) is 0.594. The highest BCUT2D eigenvalue weighted by Gasteiger charge is 2.25. The van der Waals surface area contributed by atoms with Crippen LogP contribution in [0.15, 0.2) is 10.6 Å². The van der Waals surface area contributed by atoms with Crippen LogP contribution in [0.2, 0.25) is 0 Å². The molecule has 0 aromatic carbocycles. The molecule has 0 N–H and O–H groups in total. The van der Waals surface area contributed by atoms with Gasteiger partial charge in [0.15, 0.2) is 5.69 Å². The van der Waals surface area contributed by atoms with E-state index in [1.165, 1.54) is 0 Å². The third kappa shape index (κ3) is 2.69. The molecule has 2 rings (SSSR count). The Labute approximate surface area is 105 Å². The molecule has 1 fully saturated rings. The van der Waals surface area contributed by atoms with Crippen molar-refractivity contribution in [3.05, 3.63) is 17.5 Å². The maximum Gasteiger partial charge on any atom is 0.360 e. The van der Waals surface area contributed by atoms with Crippen LogP contribution in [0.4, 0.5) is 0 Å². The second-order valence-electron chi connectivity index (χ2n) is 4.27. The number of rotatable bonds is 4. The van der Waals surface area contributed by atoms with Gasteiger partial charge in [-0.25, -0.2) is 4.79 Å². The van der Waals surface area contributed by atoms with Crippen molar-refractivity contribution in [2.24, 2.45) is 0 Å². The summed E-state index contributed by atoms with van der Waals surface area (Å²) in [5.41, 5.74) is 0.190. The summed E-state index contributed by atoms with van der Waals surface area (Å²) in [7, 11) is 0. The fourth-order valence-corrected chi connectivity index (χ4v) is 2.12. The number of nitrogens with zero attached hydrogens (tertiary/aromatic N) is 2. The highest BCUT2D eigenvalue weighted by Crippen LogP contribution is 2.26. The second-order valence-corrected chi connectivity index (χ2v) is 4.27. The van der Waals surface area contributed by atoms with Crippen molar-refractivity contribution in [3.63, 3.8) is 0 Å². The largest absolute Gasteiger partial charge is 0.461 e. The number of hydrogen-bond donors (Lipinski definition) is 0. The monoisotopic (exact) mass is 252 g/mol. The van der Waals surface area contributed by atoms with Crippen LogP contribution in [0.25, 0.3) is 0 Å². The molecular weight excluding hydrogens is 236 g/mol. The number of piperidine rings is 1. The summed E-state index contributed by atoms with van der Waals surface area (Å²) in [6, 6.07) is 1.61. The zero-order chi connectivity index (χ0) is 13.0. The van der Waals surface area contributed by atoms with Gasteiger partial charge in [-0.3, -0.25) is 4.79 Å². The normalized spacial score (nSPS) is 19.6. The smallest absolute Gasteiger partial charge is 0.360 e. The maximum absolute atomic E-state index is 11.4. The number of aromatic nitrogens is 1. The molecule has 0 aliphatic carbocycles. The highest BCUT2D eigenvalue weighted by atomic mass is 16.5. The second kappa shape index (κ2) is 5.66. The lowest BCUT2D eigenvalue weighted by atomic mass is 9.96. The van der Waals surface area contributed by atoms with E-state index in [2.05, 4.69) is 5.16 Å². The lowest BCUT2D eigenvalue weighted by Crippen LogP contribution is -2.32. The van der Waals surface area contributed by atoms with Gasteiger partial charge in [0.2, 0.25) is 6.41 Å². The van der Waals surface area contributed by atoms with Gasteiger partial charge in [-0.05, 0) is 19.8 Å². The molecule has 6 nitrogen and oxygen atoms in total. The van der Waals surface area contributed by atoms with E-state index in [-0.39, 0.29) is 11.6 Å². The maximum atomic E-state index is 11.4. The molecule has 1 atom stereocenters. The summed E-state index contributed by atoms with van der Waals surface area (Å²) in [5.74, 6) is 0.278. The van der Waals surface area contributed by atoms with Crippen LogP contribution in [0.1, 0.15) is 41.9 Å². The molecule has 6 heteroatoms. The van der Waals surface area contributed by atoms with Crippen molar-refractivity contribution in [3.8, 4) is 0 Å². The molecule has 0 spiro atoms. The van der Waals surface area contributed by atoms with Crippen molar-refractivity contribution in [1.29, 1.82) is 0 Å². The molecule has 0 saturated carbocycles. The van der Waals surface area contributed by atoms with Crippen LogP contribution in [0.5, 0.6) is 0 Å². The van der Waals surface area contributed by atoms with Gasteiger partial charge in [0.25, 0.3) is 0 Å². The molecule has 1 saturated heterocycles. The van der Waals surface area contributed by atoms with Gasteiger partial charge in [-0.2, -0.15) is 0 Å². The topological polar surface area (TPSA) is 72.6 Å². The van der Waals surface area contributed by atoms with Crippen molar-refractivity contribution in [1.82, 2.24) is 10.1 Å². The molecule has 0 radical (unpaired) electrons. The number of esters is 1. The van der Waals surface area contributed by atoms with E-state index in [0.29, 0.717) is 18.9 Å². The molecule has 1 aliphatic rings. The van der Waals surface area contributed by atoms with E-state index in [1.54, 1.807) is 17.9 Å². The Balaban J connectivity index is 2.05. The van der Waals surface area contributed by atoms with Crippen LogP contribution in [-0.2, 0) is 9.53 Å². The Bertz CT molecular complexity index is 429. The van der Waals surface area contributed by atoms with Crippen LogP contribution in [-0.4, -0.2) is 42.1 Å². The summed E-state index contributed by atoms with van der Waals surface area (Å²) < 4.78 is 10.0. The van der Waals surface area contributed by atoms with E-state index >= 15 is 0 Å². The minimum absolute atomic E-state index is 0.111. The zero-order valence-corrected chi connectivity index (χ0v) is 10.3. The Hall–Kier alpha value is -1.85. The van der Waals surface area contributed by atoms with Crippen molar-refractivity contribution in [2.75, 3.05) is 19.7 Å². The predicted molar refractivity (Wildman–Crippen MR) is 62.1 cm³/mol. The highest BCUT2D eigenvalue weighted by molar-refractivity contribution is 5.87. The number of amides is 1. The average Bonchev–Trinajstić information content (AvgIpc) is 2.89. The van der Waals surface area contributed by atoms with Crippen LogP contribution < -0.4 is 0 Å². The molecule has 1 aromatic heterocycles. The van der Waals surface area contributed by atoms with E-state index in [1.807, 2.05) is 0 Å². The summed E-state index contributed by atoms with van der Waals surface area (Å²) in [6.45, 7) is 3.44. The van der Waals surface area contributed by atoms with Crippen molar-refractivity contribution < 1.29 is 18.8 Å². The molecule has 1 unspecified atom stereocenters. The summed E-state index contributed by atoms with van der Waals surface area (Å²) in [6.07, 6.45) is 2.70. The number of likely N-dealkylation sites (tertiary alicyclic amines) is 1. The van der Waals surface area contributed by atoms with Crippen LogP contribution >= 0.6 is 0 Å². The van der Waals surface area contributed by atoms with Crippen molar-refractivity contribution in [2.45, 2.75) is 25.7 Å². The molecule has 0 bridgehead atoms. The summed E-state index contributed by atoms with van der Waals surface area (Å²) in [5, 5.41) is 3.70. The van der Waals surface area contributed by atoms with Gasteiger partial charge < -0.3 is 14.2 Å². The number of hydrogen-bond acceptors (Lipinski definition) is 5. The molecular formula is C12H16N2O4. The molecule has 1 aromatic rings. The van der Waals surface area contributed by atoms with E-state index in [0.717, 1.165) is 25.8 Å². The fourth-order valence-electron chi connectivity index (χ4n) is 2.12. The Morgan fingerprint density at radius 3 is 3.28 bits per heavy atom. The van der Waals surface area contributed by atoms with Gasteiger partial charge in [0.1, 0.15) is 5.76 Å². The number of carbonyl (C=O) groups is 2. The average molecular weight is 252 g/mol. The van der Waals surface area contributed by atoms with Crippen LogP contribution in [0, 0.1) is 0 Å². The van der Waals surface area contributed by atoms with Crippen molar-refractivity contribution >= 4 is 12.4 Å². The minimum Gasteiger partial charge on any atom is -0.461 e. The lowest BCUT2D eigenvalue weighted by molar-refractivity contribution is -0.119. The van der Waals surface area contributed by atoms with E-state index in [9.17, 15) is 9.59 Å². The van der Waals surface area contributed by atoms with Gasteiger partial charge >= 0.3 is 5.97 Å². The van der Waals surface area contributed by atoms with Gasteiger partial charge in [0, 0.05) is 25.1 Å². The first kappa shape index (κ1) is 12.6. The summed E-state index contributed by atoms with van der Waals surface area (Å²) in [4.78, 5) is 23.9.